The minimum Gasteiger partial charge on any atom is -0.485 e. The number of carbonyl (C=O) groups excluding carboxylic acids is 1. The van der Waals surface area contributed by atoms with E-state index in [-0.39, 0.29) is 30.5 Å². The lowest BCUT2D eigenvalue weighted by Crippen LogP contribution is -2.54. The first-order valence-electron chi connectivity index (χ1n) is 11.6. The number of hydrogen-bond donors (Lipinski definition) is 2. The molecule has 10 heteroatoms. The summed E-state index contributed by atoms with van der Waals surface area (Å²) in [5.41, 5.74) is 1.04. The number of nitrogens with one attached hydrogen (secondary N) is 1. The van der Waals surface area contributed by atoms with Gasteiger partial charge in [-0.25, -0.2) is 4.39 Å². The third kappa shape index (κ3) is 6.71. The molecule has 0 aliphatic carbocycles. The van der Waals surface area contributed by atoms with Gasteiger partial charge < -0.3 is 24.8 Å². The van der Waals surface area contributed by atoms with Gasteiger partial charge >= 0.3 is 5.97 Å². The predicted molar refractivity (Wildman–Crippen MR) is 131 cm³/mol. The van der Waals surface area contributed by atoms with Gasteiger partial charge in [0.05, 0.1) is 0 Å². The summed E-state index contributed by atoms with van der Waals surface area (Å²) in [5, 5.41) is 12.1. The van der Waals surface area contributed by atoms with Crippen molar-refractivity contribution in [1.82, 2.24) is 15.1 Å². The van der Waals surface area contributed by atoms with Gasteiger partial charge in [0.25, 0.3) is 5.91 Å². The Kier molecular flexibility index (Phi) is 8.25. The number of piperazine rings is 1. The smallest absolute Gasteiger partial charge is 0.320 e. The van der Waals surface area contributed by atoms with Crippen LogP contribution in [-0.2, 0) is 16.1 Å². The molecular formula is C25H29BrFN3O5. The summed E-state index contributed by atoms with van der Waals surface area (Å²) >= 11 is 3.42. The molecule has 1 amide bonds. The van der Waals surface area contributed by atoms with Gasteiger partial charge in [-0.05, 0) is 42.8 Å². The molecule has 2 saturated heterocycles. The second kappa shape index (κ2) is 11.4. The lowest BCUT2D eigenvalue weighted by Gasteiger charge is -2.39. The van der Waals surface area contributed by atoms with E-state index >= 15 is 0 Å². The van der Waals surface area contributed by atoms with Gasteiger partial charge in [0, 0.05) is 49.7 Å². The van der Waals surface area contributed by atoms with Crippen LogP contribution in [0.3, 0.4) is 0 Å². The first-order chi connectivity index (χ1) is 16.8. The van der Waals surface area contributed by atoms with Crippen molar-refractivity contribution in [3.63, 3.8) is 0 Å². The van der Waals surface area contributed by atoms with Crippen LogP contribution in [0.5, 0.6) is 11.5 Å². The number of aliphatic carboxylic acids is 1. The summed E-state index contributed by atoms with van der Waals surface area (Å²) in [4.78, 5) is 28.2. The van der Waals surface area contributed by atoms with Crippen LogP contribution in [0.25, 0.3) is 0 Å². The highest BCUT2D eigenvalue weighted by Gasteiger charge is 2.31. The molecule has 2 aromatic rings. The Balaban J connectivity index is 1.30. The summed E-state index contributed by atoms with van der Waals surface area (Å²) in [6, 6.07) is 11.2. The summed E-state index contributed by atoms with van der Waals surface area (Å²) < 4.78 is 25.8. The largest absolute Gasteiger partial charge is 0.485 e. The molecule has 2 heterocycles. The zero-order valence-electron chi connectivity index (χ0n) is 19.5. The molecule has 3 atom stereocenters. The Labute approximate surface area is 212 Å². The van der Waals surface area contributed by atoms with Gasteiger partial charge in [0.15, 0.2) is 18.1 Å². The van der Waals surface area contributed by atoms with E-state index in [9.17, 15) is 19.1 Å². The van der Waals surface area contributed by atoms with Crippen LogP contribution in [0.4, 0.5) is 4.39 Å². The van der Waals surface area contributed by atoms with Crippen molar-refractivity contribution in [1.29, 1.82) is 0 Å². The van der Waals surface area contributed by atoms with E-state index in [4.69, 9.17) is 9.47 Å². The van der Waals surface area contributed by atoms with Gasteiger partial charge in [-0.2, -0.15) is 0 Å². The fourth-order valence-electron chi connectivity index (χ4n) is 4.47. The Morgan fingerprint density at radius 2 is 1.94 bits per heavy atom. The number of rotatable bonds is 8. The predicted octanol–water partition coefficient (Wildman–Crippen LogP) is 2.89. The van der Waals surface area contributed by atoms with Crippen LogP contribution >= 0.6 is 15.9 Å². The fourth-order valence-corrected chi connectivity index (χ4v) is 4.81. The third-order valence-electron chi connectivity index (χ3n) is 6.29. The molecule has 8 nitrogen and oxygen atoms in total. The first kappa shape index (κ1) is 25.4. The highest BCUT2D eigenvalue weighted by Crippen LogP contribution is 2.32. The van der Waals surface area contributed by atoms with E-state index < -0.39 is 12.0 Å². The zero-order valence-corrected chi connectivity index (χ0v) is 21.0. The Morgan fingerprint density at radius 1 is 1.17 bits per heavy atom. The van der Waals surface area contributed by atoms with E-state index in [2.05, 4.69) is 26.1 Å². The molecular weight excluding hydrogens is 521 g/mol. The average Bonchev–Trinajstić information content (AvgIpc) is 3.29. The summed E-state index contributed by atoms with van der Waals surface area (Å²) in [6.45, 7) is 5.03. The second-order valence-electron chi connectivity index (χ2n) is 8.95. The van der Waals surface area contributed by atoms with Crippen LogP contribution in [-0.4, -0.2) is 77.8 Å². The van der Waals surface area contributed by atoms with E-state index in [0.717, 1.165) is 23.1 Å². The van der Waals surface area contributed by atoms with Crippen LogP contribution in [0.1, 0.15) is 18.9 Å². The van der Waals surface area contributed by atoms with Crippen molar-refractivity contribution in [2.24, 2.45) is 0 Å². The molecule has 188 valence electrons. The highest BCUT2D eigenvalue weighted by atomic mass is 79.9. The van der Waals surface area contributed by atoms with Gasteiger partial charge in [-0.15, -0.1) is 0 Å². The maximum atomic E-state index is 13.1. The molecule has 2 aliphatic heterocycles. The Hall–Kier alpha value is -2.69. The standard InChI is InChI=1S/C25H29BrFN3O5/c1-16-13-29(14-17-2-5-19(27)6-3-17)8-9-30(16)24(31)15-34-22-7-4-18(26)10-23(22)35-20-11-21(25(32)33)28-12-20/h2-7,10,16,20-21,28H,8-9,11-15H2,1H3,(H,32,33)/t16-,20+,21+/m1/s1. The van der Waals surface area contributed by atoms with Crippen molar-refractivity contribution >= 4 is 27.8 Å². The van der Waals surface area contributed by atoms with Crippen molar-refractivity contribution in [3.8, 4) is 11.5 Å². The van der Waals surface area contributed by atoms with Gasteiger partial charge in [0.2, 0.25) is 0 Å². The number of nitrogens with zero attached hydrogens (tertiary/aromatic N) is 2. The molecule has 0 aromatic heterocycles. The fraction of sp³-hybridized carbons (Fsp3) is 0.440. The monoisotopic (exact) mass is 549 g/mol. The average molecular weight is 550 g/mol. The topological polar surface area (TPSA) is 91.3 Å². The van der Waals surface area contributed by atoms with E-state index in [1.54, 1.807) is 30.3 Å². The molecule has 2 aliphatic rings. The molecule has 35 heavy (non-hydrogen) atoms. The number of carboxylic acids is 1. The van der Waals surface area contributed by atoms with Crippen molar-refractivity contribution < 1.29 is 28.6 Å². The van der Waals surface area contributed by atoms with Crippen molar-refractivity contribution in [2.45, 2.75) is 38.1 Å². The van der Waals surface area contributed by atoms with Crippen LogP contribution in [0.2, 0.25) is 0 Å². The molecule has 0 radical (unpaired) electrons. The Bertz CT molecular complexity index is 1050. The molecule has 2 N–H and O–H groups in total. The third-order valence-corrected chi connectivity index (χ3v) is 6.78. The summed E-state index contributed by atoms with van der Waals surface area (Å²) in [5.74, 6) is -0.369. The molecule has 2 aromatic carbocycles. The zero-order chi connectivity index (χ0) is 24.9. The molecule has 4 rings (SSSR count). The van der Waals surface area contributed by atoms with Crippen molar-refractivity contribution in [3.05, 3.63) is 58.3 Å². The molecule has 2 fully saturated rings. The van der Waals surface area contributed by atoms with E-state index in [1.165, 1.54) is 12.1 Å². The van der Waals surface area contributed by atoms with Gasteiger partial charge in [-0.3, -0.25) is 14.5 Å². The van der Waals surface area contributed by atoms with Crippen LogP contribution in [0.15, 0.2) is 46.9 Å². The highest BCUT2D eigenvalue weighted by molar-refractivity contribution is 9.10. The first-order valence-corrected chi connectivity index (χ1v) is 12.4. The number of carbonyl (C=O) groups is 2. The number of halogens is 2. The van der Waals surface area contributed by atoms with E-state index in [1.807, 2.05) is 11.8 Å². The maximum Gasteiger partial charge on any atom is 0.320 e. The molecule has 0 unspecified atom stereocenters. The minimum absolute atomic E-state index is 0.0125. The quantitative estimate of drug-likeness (QED) is 0.523. The summed E-state index contributed by atoms with van der Waals surface area (Å²) in [6.07, 6.45) is 0.0394. The van der Waals surface area contributed by atoms with E-state index in [0.29, 0.717) is 37.6 Å². The molecule has 0 bridgehead atoms. The molecule has 0 saturated carbocycles. The minimum atomic E-state index is -0.903. The number of ether oxygens (including phenoxy) is 2. The van der Waals surface area contributed by atoms with Crippen molar-refractivity contribution in [2.75, 3.05) is 32.8 Å². The number of carboxylic acid groups (broad SMARTS) is 1. The summed E-state index contributed by atoms with van der Waals surface area (Å²) in [7, 11) is 0. The lowest BCUT2D eigenvalue weighted by atomic mass is 10.1. The second-order valence-corrected chi connectivity index (χ2v) is 9.87. The number of benzene rings is 2. The lowest BCUT2D eigenvalue weighted by molar-refractivity contribution is -0.139. The van der Waals surface area contributed by atoms with Crippen LogP contribution < -0.4 is 14.8 Å². The maximum absolute atomic E-state index is 13.1. The van der Waals surface area contributed by atoms with Gasteiger partial charge in [-0.1, -0.05) is 28.1 Å². The Morgan fingerprint density at radius 3 is 2.63 bits per heavy atom. The van der Waals surface area contributed by atoms with Crippen LogP contribution in [0, 0.1) is 5.82 Å². The SMILES string of the molecule is C[C@@H]1CN(Cc2ccc(F)cc2)CCN1C(=O)COc1ccc(Br)cc1O[C@@H]1CN[C@H](C(=O)O)C1. The number of amides is 1. The molecule has 0 spiro atoms. The number of hydrogen-bond acceptors (Lipinski definition) is 6. The normalized spacial score (nSPS) is 22.7. The van der Waals surface area contributed by atoms with Gasteiger partial charge in [0.1, 0.15) is 18.0 Å².